The number of benzene rings is 1. The predicted molar refractivity (Wildman–Crippen MR) is 70.7 cm³/mol. The van der Waals surface area contributed by atoms with E-state index in [0.29, 0.717) is 5.11 Å². The monoisotopic (exact) mass is 253 g/mol. The van der Waals surface area contributed by atoms with Gasteiger partial charge < -0.3 is 10.1 Å². The summed E-state index contributed by atoms with van der Waals surface area (Å²) in [6.45, 7) is 2.06. The molecule has 0 aliphatic rings. The maximum absolute atomic E-state index is 10.8. The number of methoxy groups -OCH3 is 1. The fraction of sp³-hybridized carbons (Fsp3) is 0.273. The molecule has 0 heterocycles. The van der Waals surface area contributed by atoms with E-state index in [-0.39, 0.29) is 0 Å². The van der Waals surface area contributed by atoms with Crippen LogP contribution in [-0.2, 0) is 11.2 Å². The number of carbonyl (C=O) groups excluding carboxylic acids is 1. The predicted octanol–water partition coefficient (Wildman–Crippen LogP) is 1.81. The maximum atomic E-state index is 10.8. The van der Waals surface area contributed by atoms with Gasteiger partial charge in [0.2, 0.25) is 0 Å². The Hall–Kier alpha value is -1.82. The lowest BCUT2D eigenvalue weighted by Crippen LogP contribution is -2.43. The van der Waals surface area contributed by atoms with Gasteiger partial charge in [-0.1, -0.05) is 25.1 Å². The number of aryl methyl sites for hydroxylation is 1. The Morgan fingerprint density at radius 2 is 2.06 bits per heavy atom. The van der Waals surface area contributed by atoms with Crippen LogP contribution in [0.4, 0.5) is 10.5 Å². The third kappa shape index (κ3) is 4.28. The molecule has 0 spiro atoms. The van der Waals surface area contributed by atoms with Crippen LogP contribution in [0.1, 0.15) is 12.5 Å². The Kier molecular flexibility index (Phi) is 5.22. The first-order valence-corrected chi connectivity index (χ1v) is 5.57. The topological polar surface area (TPSA) is 62.4 Å². The molecule has 0 unspecified atom stereocenters. The van der Waals surface area contributed by atoms with Gasteiger partial charge in [0, 0.05) is 5.69 Å². The van der Waals surface area contributed by atoms with Crippen LogP contribution in [0, 0.1) is 0 Å². The number of amides is 1. The molecule has 1 aromatic rings. The third-order valence-electron chi connectivity index (χ3n) is 2.11. The summed E-state index contributed by atoms with van der Waals surface area (Å²) in [4.78, 5) is 10.8. The molecular formula is C11H15N3O2S. The SMILES string of the molecule is CCc1ccccc1NC(=S)NNC(=O)OC. The Bertz CT molecular complexity index is 409. The van der Waals surface area contributed by atoms with Crippen molar-refractivity contribution in [1.29, 1.82) is 0 Å². The number of nitrogens with one attached hydrogen (secondary N) is 3. The molecular weight excluding hydrogens is 238 g/mol. The molecule has 0 atom stereocenters. The lowest BCUT2D eigenvalue weighted by Gasteiger charge is -2.13. The lowest BCUT2D eigenvalue weighted by atomic mass is 10.1. The van der Waals surface area contributed by atoms with Gasteiger partial charge in [0.05, 0.1) is 7.11 Å². The van der Waals surface area contributed by atoms with Crippen LogP contribution in [0.3, 0.4) is 0 Å². The summed E-state index contributed by atoms with van der Waals surface area (Å²) < 4.78 is 4.40. The van der Waals surface area contributed by atoms with Gasteiger partial charge in [-0.05, 0) is 30.3 Å². The highest BCUT2D eigenvalue weighted by Crippen LogP contribution is 2.14. The fourth-order valence-corrected chi connectivity index (χ4v) is 1.42. The highest BCUT2D eigenvalue weighted by atomic mass is 32.1. The summed E-state index contributed by atoms with van der Waals surface area (Å²) in [6.07, 6.45) is 0.300. The van der Waals surface area contributed by atoms with Crippen molar-refractivity contribution in [2.75, 3.05) is 12.4 Å². The normalized spacial score (nSPS) is 9.29. The average Bonchev–Trinajstić information content (AvgIpc) is 2.36. The number of rotatable bonds is 2. The van der Waals surface area contributed by atoms with Crippen LogP contribution in [0.25, 0.3) is 0 Å². The smallest absolute Gasteiger partial charge is 0.425 e. The number of carbonyl (C=O) groups is 1. The summed E-state index contributed by atoms with van der Waals surface area (Å²) in [5.41, 5.74) is 6.87. The molecule has 0 radical (unpaired) electrons. The van der Waals surface area contributed by atoms with Gasteiger partial charge in [-0.25, -0.2) is 10.2 Å². The van der Waals surface area contributed by atoms with Crippen molar-refractivity contribution in [2.24, 2.45) is 0 Å². The summed E-state index contributed by atoms with van der Waals surface area (Å²) in [7, 11) is 1.28. The number of para-hydroxylation sites is 1. The summed E-state index contributed by atoms with van der Waals surface area (Å²) in [6, 6.07) is 7.81. The number of ether oxygens (including phenoxy) is 1. The number of hydrazine groups is 1. The lowest BCUT2D eigenvalue weighted by molar-refractivity contribution is 0.169. The van der Waals surface area contributed by atoms with Crippen LogP contribution in [-0.4, -0.2) is 18.3 Å². The van der Waals surface area contributed by atoms with E-state index in [0.717, 1.165) is 17.7 Å². The van der Waals surface area contributed by atoms with Crippen molar-refractivity contribution in [3.05, 3.63) is 29.8 Å². The van der Waals surface area contributed by atoms with Crippen molar-refractivity contribution in [3.63, 3.8) is 0 Å². The minimum absolute atomic E-state index is 0.302. The second kappa shape index (κ2) is 6.70. The van der Waals surface area contributed by atoms with E-state index >= 15 is 0 Å². The van der Waals surface area contributed by atoms with Gasteiger partial charge in [-0.15, -0.1) is 0 Å². The van der Waals surface area contributed by atoms with E-state index in [1.807, 2.05) is 24.3 Å². The molecule has 3 N–H and O–H groups in total. The molecule has 0 aromatic heterocycles. The van der Waals surface area contributed by atoms with Crippen molar-refractivity contribution in [1.82, 2.24) is 10.9 Å². The largest absolute Gasteiger partial charge is 0.452 e. The second-order valence-corrected chi connectivity index (χ2v) is 3.61. The summed E-state index contributed by atoms with van der Waals surface area (Å²) in [5.74, 6) is 0. The molecule has 1 amide bonds. The van der Waals surface area contributed by atoms with Crippen molar-refractivity contribution in [3.8, 4) is 0 Å². The Morgan fingerprint density at radius 1 is 1.35 bits per heavy atom. The first-order chi connectivity index (χ1) is 8.17. The molecule has 6 heteroatoms. The molecule has 0 bridgehead atoms. The molecule has 1 aromatic carbocycles. The van der Waals surface area contributed by atoms with Crippen molar-refractivity contribution in [2.45, 2.75) is 13.3 Å². The average molecular weight is 253 g/mol. The van der Waals surface area contributed by atoms with E-state index in [9.17, 15) is 4.79 Å². The Morgan fingerprint density at radius 3 is 2.71 bits per heavy atom. The van der Waals surface area contributed by atoms with E-state index in [4.69, 9.17) is 12.2 Å². The van der Waals surface area contributed by atoms with Gasteiger partial charge in [-0.2, -0.15) is 0 Å². The maximum Gasteiger partial charge on any atom is 0.425 e. The van der Waals surface area contributed by atoms with Crippen LogP contribution in [0.15, 0.2) is 24.3 Å². The highest BCUT2D eigenvalue weighted by Gasteiger charge is 2.03. The molecule has 92 valence electrons. The zero-order valence-electron chi connectivity index (χ0n) is 9.74. The van der Waals surface area contributed by atoms with Crippen molar-refractivity contribution >= 4 is 29.1 Å². The van der Waals surface area contributed by atoms with Crippen LogP contribution in [0.2, 0.25) is 0 Å². The van der Waals surface area contributed by atoms with Gasteiger partial charge in [-0.3, -0.25) is 5.43 Å². The zero-order valence-corrected chi connectivity index (χ0v) is 10.6. The standard InChI is InChI=1S/C11H15N3O2S/c1-3-8-6-4-5-7-9(8)12-10(17)13-14-11(15)16-2/h4-7H,3H2,1-2H3,(H,14,15)(H2,12,13,17). The van der Waals surface area contributed by atoms with Gasteiger partial charge in [0.25, 0.3) is 0 Å². The van der Waals surface area contributed by atoms with Crippen molar-refractivity contribution < 1.29 is 9.53 Å². The minimum atomic E-state index is -0.599. The molecule has 0 aliphatic carbocycles. The second-order valence-electron chi connectivity index (χ2n) is 3.21. The number of hydrogen-bond acceptors (Lipinski definition) is 3. The van der Waals surface area contributed by atoms with Gasteiger partial charge >= 0.3 is 6.09 Å². The van der Waals surface area contributed by atoms with Gasteiger partial charge in [0.1, 0.15) is 0 Å². The van der Waals surface area contributed by atoms with E-state index in [2.05, 4.69) is 27.8 Å². The van der Waals surface area contributed by atoms with Crippen LogP contribution in [0.5, 0.6) is 0 Å². The first kappa shape index (κ1) is 13.2. The summed E-state index contributed by atoms with van der Waals surface area (Å²) in [5, 5.41) is 3.29. The minimum Gasteiger partial charge on any atom is -0.452 e. The number of thiocarbonyl (C=S) groups is 1. The Balaban J connectivity index is 2.53. The van der Waals surface area contributed by atoms with E-state index < -0.39 is 6.09 Å². The quantitative estimate of drug-likeness (QED) is 0.554. The molecule has 0 aliphatic heterocycles. The van der Waals surface area contributed by atoms with E-state index in [1.165, 1.54) is 7.11 Å². The molecule has 1 rings (SSSR count). The summed E-state index contributed by atoms with van der Waals surface area (Å²) >= 11 is 5.02. The highest BCUT2D eigenvalue weighted by molar-refractivity contribution is 7.80. The fourth-order valence-electron chi connectivity index (χ4n) is 1.26. The van der Waals surface area contributed by atoms with Crippen LogP contribution >= 0.6 is 12.2 Å². The third-order valence-corrected chi connectivity index (χ3v) is 2.31. The molecule has 0 fully saturated rings. The van der Waals surface area contributed by atoms with E-state index in [1.54, 1.807) is 0 Å². The zero-order chi connectivity index (χ0) is 12.7. The first-order valence-electron chi connectivity index (χ1n) is 5.16. The Labute approximate surface area is 106 Å². The molecule has 0 saturated heterocycles. The molecule has 0 saturated carbocycles. The van der Waals surface area contributed by atoms with Crippen LogP contribution < -0.4 is 16.2 Å². The van der Waals surface area contributed by atoms with Gasteiger partial charge in [0.15, 0.2) is 5.11 Å². The number of hydrogen-bond donors (Lipinski definition) is 3. The number of anilines is 1. The molecule has 17 heavy (non-hydrogen) atoms. The molecule has 5 nitrogen and oxygen atoms in total.